The van der Waals surface area contributed by atoms with Gasteiger partial charge in [-0.25, -0.2) is 4.98 Å². The minimum atomic E-state index is -0.687. The number of carboxylic acids is 1. The zero-order valence-corrected chi connectivity index (χ0v) is 14.5. The van der Waals surface area contributed by atoms with Crippen molar-refractivity contribution in [3.63, 3.8) is 0 Å². The third kappa shape index (κ3) is 2.53. The van der Waals surface area contributed by atoms with Crippen LogP contribution in [0.25, 0.3) is 0 Å². The van der Waals surface area contributed by atoms with Gasteiger partial charge in [0, 0.05) is 24.8 Å². The van der Waals surface area contributed by atoms with Crippen molar-refractivity contribution in [2.24, 2.45) is 5.41 Å². The molecule has 0 spiro atoms. The first-order chi connectivity index (χ1) is 11.4. The summed E-state index contributed by atoms with van der Waals surface area (Å²) in [6, 6.07) is 4.14. The van der Waals surface area contributed by atoms with Crippen LogP contribution in [0, 0.1) is 30.6 Å². The Morgan fingerprint density at radius 1 is 1.42 bits per heavy atom. The number of aryl methyl sites for hydroxylation is 2. The van der Waals surface area contributed by atoms with Gasteiger partial charge >= 0.3 is 5.97 Å². The van der Waals surface area contributed by atoms with Gasteiger partial charge in [0.1, 0.15) is 11.9 Å². The summed E-state index contributed by atoms with van der Waals surface area (Å²) in [6.45, 7) is 6.00. The highest BCUT2D eigenvalue weighted by Crippen LogP contribution is 2.43. The van der Waals surface area contributed by atoms with E-state index < -0.39 is 11.4 Å². The monoisotopic (exact) mass is 328 g/mol. The molecule has 0 radical (unpaired) electrons. The van der Waals surface area contributed by atoms with Crippen LogP contribution in [0.2, 0.25) is 0 Å². The van der Waals surface area contributed by atoms with Gasteiger partial charge in [0.05, 0.1) is 11.0 Å². The number of carboxylic acid groups (broad SMARTS) is 1. The molecule has 6 nitrogen and oxygen atoms in total. The molecule has 0 unspecified atom stereocenters. The van der Waals surface area contributed by atoms with Crippen molar-refractivity contribution in [1.82, 2.24) is 9.88 Å². The van der Waals surface area contributed by atoms with Gasteiger partial charge in [0.2, 0.25) is 0 Å². The Kier molecular flexibility index (Phi) is 4.22. The minimum Gasteiger partial charge on any atom is -0.481 e. The number of nitrogens with zero attached hydrogens (tertiary/aromatic N) is 4. The van der Waals surface area contributed by atoms with Crippen LogP contribution in [0.1, 0.15) is 36.1 Å². The van der Waals surface area contributed by atoms with E-state index in [4.69, 9.17) is 0 Å². The van der Waals surface area contributed by atoms with E-state index in [1.807, 2.05) is 27.0 Å². The van der Waals surface area contributed by atoms with Gasteiger partial charge in [-0.2, -0.15) is 5.26 Å². The second kappa shape index (κ2) is 6.06. The summed E-state index contributed by atoms with van der Waals surface area (Å²) in [7, 11) is 2.01. The lowest BCUT2D eigenvalue weighted by Gasteiger charge is -2.52. The average Bonchev–Trinajstić information content (AvgIpc) is 2.54. The molecule has 2 aliphatic heterocycles. The highest BCUT2D eigenvalue weighted by molar-refractivity contribution is 5.77. The van der Waals surface area contributed by atoms with Crippen LogP contribution in [0.15, 0.2) is 6.07 Å². The number of likely N-dealkylation sites (N-methyl/N-ethyl adjacent to an activating group) is 1. The number of piperidine rings is 2. The zero-order valence-electron chi connectivity index (χ0n) is 14.5. The molecule has 2 fully saturated rings. The number of aliphatic carboxylic acids is 1. The molecule has 6 heteroatoms. The van der Waals surface area contributed by atoms with Crippen molar-refractivity contribution in [1.29, 1.82) is 5.26 Å². The van der Waals surface area contributed by atoms with Gasteiger partial charge in [0.25, 0.3) is 0 Å². The Morgan fingerprint density at radius 3 is 2.83 bits per heavy atom. The molecule has 2 atom stereocenters. The number of rotatable bonds is 2. The van der Waals surface area contributed by atoms with Crippen LogP contribution in [-0.2, 0) is 4.79 Å². The van der Waals surface area contributed by atoms with E-state index in [0.29, 0.717) is 30.9 Å². The van der Waals surface area contributed by atoms with E-state index in [2.05, 4.69) is 20.9 Å². The summed E-state index contributed by atoms with van der Waals surface area (Å²) in [5.74, 6) is 0.0144. The molecule has 3 rings (SSSR count). The fraction of sp³-hybridized carbons (Fsp3) is 0.611. The topological polar surface area (TPSA) is 80.5 Å². The number of fused-ring (bicyclic) bond motifs is 1. The molecule has 1 N–H and O–H groups in total. The van der Waals surface area contributed by atoms with Crippen LogP contribution in [0.4, 0.5) is 5.82 Å². The summed E-state index contributed by atoms with van der Waals surface area (Å²) in [4.78, 5) is 20.9. The number of pyridine rings is 1. The van der Waals surface area contributed by atoms with Crippen molar-refractivity contribution in [2.75, 3.05) is 31.6 Å². The molecular formula is C18H24N4O2. The van der Waals surface area contributed by atoms with E-state index >= 15 is 0 Å². The van der Waals surface area contributed by atoms with Gasteiger partial charge < -0.3 is 14.9 Å². The fourth-order valence-corrected chi connectivity index (χ4v) is 4.36. The van der Waals surface area contributed by atoms with Crippen molar-refractivity contribution in [3.8, 4) is 6.07 Å². The lowest BCUT2D eigenvalue weighted by atomic mass is 9.68. The van der Waals surface area contributed by atoms with Crippen molar-refractivity contribution < 1.29 is 9.90 Å². The number of carbonyl (C=O) groups is 1. The van der Waals surface area contributed by atoms with Crippen molar-refractivity contribution in [2.45, 2.75) is 39.2 Å². The van der Waals surface area contributed by atoms with Crippen LogP contribution in [0.3, 0.4) is 0 Å². The molecule has 1 aromatic rings. The predicted octanol–water partition coefficient (Wildman–Crippen LogP) is 1.95. The second-order valence-corrected chi connectivity index (χ2v) is 7.15. The number of hydrogen-bond donors (Lipinski definition) is 1. The Morgan fingerprint density at radius 2 is 2.17 bits per heavy atom. The Labute approximate surface area is 142 Å². The lowest BCUT2D eigenvalue weighted by molar-refractivity contribution is -0.158. The number of aromatic nitrogens is 1. The first kappa shape index (κ1) is 16.7. The smallest absolute Gasteiger partial charge is 0.311 e. The second-order valence-electron chi connectivity index (χ2n) is 7.15. The van der Waals surface area contributed by atoms with Gasteiger partial charge in [-0.3, -0.25) is 4.79 Å². The molecule has 0 amide bonds. The number of likely N-dealkylation sites (tertiary alicyclic amines) is 1. The summed E-state index contributed by atoms with van der Waals surface area (Å²) < 4.78 is 0. The molecule has 0 aliphatic carbocycles. The molecule has 0 aromatic carbocycles. The molecule has 2 aliphatic rings. The van der Waals surface area contributed by atoms with Gasteiger partial charge in [-0.05, 0) is 58.3 Å². The van der Waals surface area contributed by atoms with E-state index in [0.717, 1.165) is 30.6 Å². The molecule has 3 heterocycles. The van der Waals surface area contributed by atoms with Gasteiger partial charge in [0.15, 0.2) is 0 Å². The third-order valence-electron chi connectivity index (χ3n) is 5.69. The van der Waals surface area contributed by atoms with Crippen LogP contribution >= 0.6 is 0 Å². The van der Waals surface area contributed by atoms with Crippen LogP contribution in [0.5, 0.6) is 0 Å². The van der Waals surface area contributed by atoms with Crippen LogP contribution < -0.4 is 4.90 Å². The maximum absolute atomic E-state index is 12.0. The Hall–Kier alpha value is -2.13. The highest BCUT2D eigenvalue weighted by atomic mass is 16.4. The predicted molar refractivity (Wildman–Crippen MR) is 91.0 cm³/mol. The van der Waals surface area contributed by atoms with E-state index in [1.54, 1.807) is 0 Å². The maximum atomic E-state index is 12.0. The summed E-state index contributed by atoms with van der Waals surface area (Å²) in [5, 5.41) is 19.4. The Bertz CT molecular complexity index is 712. The van der Waals surface area contributed by atoms with E-state index in [-0.39, 0.29) is 6.04 Å². The molecular weight excluding hydrogens is 304 g/mol. The number of anilines is 1. The lowest BCUT2D eigenvalue weighted by Crippen LogP contribution is -2.63. The molecule has 1 aromatic heterocycles. The van der Waals surface area contributed by atoms with E-state index in [9.17, 15) is 15.2 Å². The van der Waals surface area contributed by atoms with Crippen molar-refractivity contribution in [3.05, 3.63) is 22.9 Å². The summed E-state index contributed by atoms with van der Waals surface area (Å²) >= 11 is 0. The Balaban J connectivity index is 1.98. The largest absolute Gasteiger partial charge is 0.481 e. The molecule has 0 bridgehead atoms. The molecule has 0 saturated carbocycles. The normalized spacial score (nSPS) is 27.4. The fourth-order valence-electron chi connectivity index (χ4n) is 4.36. The van der Waals surface area contributed by atoms with Crippen molar-refractivity contribution >= 4 is 11.8 Å². The van der Waals surface area contributed by atoms with Crippen LogP contribution in [-0.4, -0.2) is 53.7 Å². The third-order valence-corrected chi connectivity index (χ3v) is 5.69. The first-order valence-corrected chi connectivity index (χ1v) is 8.46. The van der Waals surface area contributed by atoms with Gasteiger partial charge in [-0.15, -0.1) is 0 Å². The quantitative estimate of drug-likeness (QED) is 0.894. The first-order valence-electron chi connectivity index (χ1n) is 8.46. The van der Waals surface area contributed by atoms with E-state index in [1.165, 1.54) is 0 Å². The standard InChI is InChI=1S/C18H24N4O2/c1-12-9-13(2)20-16(14(12)10-19)22-8-6-18(17(23)24)5-4-7-21(3)15(18)11-22/h9,15H,4-8,11H2,1-3H3,(H,23,24)/t15-,18+/m1/s1. The maximum Gasteiger partial charge on any atom is 0.311 e. The number of hydrogen-bond acceptors (Lipinski definition) is 5. The zero-order chi connectivity index (χ0) is 17.5. The van der Waals surface area contributed by atoms with Gasteiger partial charge in [-0.1, -0.05) is 0 Å². The molecule has 24 heavy (non-hydrogen) atoms. The average molecular weight is 328 g/mol. The summed E-state index contributed by atoms with van der Waals surface area (Å²) in [5.41, 5.74) is 1.73. The summed E-state index contributed by atoms with van der Waals surface area (Å²) in [6.07, 6.45) is 2.25. The minimum absolute atomic E-state index is 0.0494. The highest BCUT2D eigenvalue weighted by Gasteiger charge is 2.52. The molecule has 128 valence electrons. The SMILES string of the molecule is Cc1cc(C)c(C#N)c(N2CC[C@@]3(C(=O)O)CCCN(C)[C@@H]3C2)n1. The number of nitriles is 1. The molecule has 2 saturated heterocycles.